The van der Waals surface area contributed by atoms with Gasteiger partial charge in [-0.3, -0.25) is 9.59 Å². The fourth-order valence-electron chi connectivity index (χ4n) is 3.65. The van der Waals surface area contributed by atoms with Crippen LogP contribution in [0.4, 0.5) is 10.2 Å². The number of anilines is 1. The molecule has 1 aromatic heterocycles. The lowest BCUT2D eigenvalue weighted by Crippen LogP contribution is -2.33. The molecular weight excluding hydrogens is 433 g/mol. The third-order valence-corrected chi connectivity index (χ3v) is 6.42. The number of amides is 1. The van der Waals surface area contributed by atoms with E-state index >= 15 is 0 Å². The van der Waals surface area contributed by atoms with Gasteiger partial charge in [0, 0.05) is 25.1 Å². The number of nitrogens with zero attached hydrogens (tertiary/aromatic N) is 2. The quantitative estimate of drug-likeness (QED) is 0.361. The normalized spacial score (nSPS) is 15.1. The fourth-order valence-corrected chi connectivity index (χ4v) is 4.57. The van der Waals surface area contributed by atoms with Crippen molar-refractivity contribution in [3.63, 3.8) is 0 Å². The number of hydrogen-bond donors (Lipinski definition) is 1. The number of ether oxygens (including phenoxy) is 1. The van der Waals surface area contributed by atoms with E-state index in [9.17, 15) is 18.8 Å². The molecule has 0 saturated carbocycles. The number of aromatic nitrogens is 2. The van der Waals surface area contributed by atoms with Crippen LogP contribution >= 0.6 is 11.8 Å². The Bertz CT molecular complexity index is 1240. The lowest BCUT2D eigenvalue weighted by molar-refractivity contribution is -0.116. The average molecular weight is 453 g/mol. The number of nitrogens with one attached hydrogen (secondary N) is 1. The summed E-state index contributed by atoms with van der Waals surface area (Å²) in [5, 5.41) is 3.25. The summed E-state index contributed by atoms with van der Waals surface area (Å²) < 4.78 is 19.5. The van der Waals surface area contributed by atoms with Crippen LogP contribution in [0.15, 0.2) is 58.5 Å². The van der Waals surface area contributed by atoms with Gasteiger partial charge in [0.05, 0.1) is 18.2 Å². The molecular formula is C23H20FN3O4S. The van der Waals surface area contributed by atoms with Gasteiger partial charge in [0.2, 0.25) is 5.91 Å². The summed E-state index contributed by atoms with van der Waals surface area (Å²) in [6, 6.07) is 12.8. The summed E-state index contributed by atoms with van der Waals surface area (Å²) >= 11 is 1.33. The monoisotopic (exact) mass is 453 g/mol. The number of carbonyl (C=O) groups excluding carboxylic acids is 2. The van der Waals surface area contributed by atoms with Gasteiger partial charge < -0.3 is 14.6 Å². The first-order chi connectivity index (χ1) is 15.4. The van der Waals surface area contributed by atoms with Crippen molar-refractivity contribution in [2.45, 2.75) is 23.2 Å². The molecule has 0 fully saturated rings. The first-order valence-corrected chi connectivity index (χ1v) is 10.8. The Balaban J connectivity index is 1.67. The maximum atomic E-state index is 13.1. The maximum absolute atomic E-state index is 13.1. The third-order valence-electron chi connectivity index (χ3n) is 5.32. The topological polar surface area (TPSA) is 90.3 Å². The van der Waals surface area contributed by atoms with Crippen molar-refractivity contribution in [1.82, 2.24) is 9.55 Å². The summed E-state index contributed by atoms with van der Waals surface area (Å²) in [5.41, 5.74) is 2.00. The zero-order valence-electron chi connectivity index (χ0n) is 17.4. The predicted octanol–water partition coefficient (Wildman–Crippen LogP) is 3.47. The van der Waals surface area contributed by atoms with E-state index < -0.39 is 17.4 Å². The zero-order chi connectivity index (χ0) is 22.8. The van der Waals surface area contributed by atoms with Crippen LogP contribution in [0.5, 0.6) is 0 Å². The van der Waals surface area contributed by atoms with Crippen molar-refractivity contribution < 1.29 is 18.7 Å². The van der Waals surface area contributed by atoms with Crippen LogP contribution in [0.3, 0.4) is 0 Å². The minimum absolute atomic E-state index is 0.101. The number of methoxy groups -OCH3 is 1. The number of carbonyl (C=O) groups is 2. The Morgan fingerprint density at radius 3 is 2.53 bits per heavy atom. The Kier molecular flexibility index (Phi) is 6.09. The molecule has 1 aliphatic rings. The van der Waals surface area contributed by atoms with Gasteiger partial charge >= 0.3 is 5.97 Å². The minimum Gasteiger partial charge on any atom is -0.465 e. The smallest absolute Gasteiger partial charge is 0.337 e. The second-order valence-electron chi connectivity index (χ2n) is 7.35. The molecule has 164 valence electrons. The van der Waals surface area contributed by atoms with Crippen molar-refractivity contribution in [3.05, 3.63) is 87.0 Å². The van der Waals surface area contributed by atoms with Crippen molar-refractivity contribution >= 4 is 29.5 Å². The van der Waals surface area contributed by atoms with E-state index in [4.69, 9.17) is 4.74 Å². The Morgan fingerprint density at radius 2 is 1.88 bits per heavy atom. The predicted molar refractivity (Wildman–Crippen MR) is 118 cm³/mol. The molecule has 1 aliphatic heterocycles. The first-order valence-electron chi connectivity index (χ1n) is 9.83. The number of halogens is 1. The van der Waals surface area contributed by atoms with E-state index in [2.05, 4.69) is 10.3 Å². The summed E-state index contributed by atoms with van der Waals surface area (Å²) in [4.78, 5) is 41.4. The van der Waals surface area contributed by atoms with Crippen LogP contribution < -0.4 is 10.9 Å². The molecule has 2 aromatic carbocycles. The second-order valence-corrected chi connectivity index (χ2v) is 8.30. The van der Waals surface area contributed by atoms with Crippen LogP contribution in [0.2, 0.25) is 0 Å². The van der Waals surface area contributed by atoms with Crippen LogP contribution in [-0.2, 0) is 22.3 Å². The first kappa shape index (κ1) is 21.8. The van der Waals surface area contributed by atoms with Gasteiger partial charge in [-0.25, -0.2) is 9.18 Å². The molecule has 9 heteroatoms. The van der Waals surface area contributed by atoms with Gasteiger partial charge in [0.1, 0.15) is 11.6 Å². The maximum Gasteiger partial charge on any atom is 0.337 e. The third kappa shape index (κ3) is 4.29. The van der Waals surface area contributed by atoms with Crippen molar-refractivity contribution in [2.75, 3.05) is 12.4 Å². The van der Waals surface area contributed by atoms with Crippen molar-refractivity contribution in [1.29, 1.82) is 0 Å². The highest BCUT2D eigenvalue weighted by Gasteiger charge is 2.32. The molecule has 1 amide bonds. The molecule has 3 aromatic rings. The summed E-state index contributed by atoms with van der Waals surface area (Å²) in [5.74, 6) is -0.566. The Labute approximate surface area is 187 Å². The highest BCUT2D eigenvalue weighted by molar-refractivity contribution is 7.98. The second kappa shape index (κ2) is 8.96. The number of esters is 1. The molecule has 2 heterocycles. The highest BCUT2D eigenvalue weighted by atomic mass is 32.2. The van der Waals surface area contributed by atoms with E-state index in [0.717, 1.165) is 11.1 Å². The van der Waals surface area contributed by atoms with E-state index in [1.165, 1.54) is 31.0 Å². The Morgan fingerprint density at radius 1 is 1.19 bits per heavy atom. The lowest BCUT2D eigenvalue weighted by Gasteiger charge is -2.27. The molecule has 0 aliphatic carbocycles. The molecule has 32 heavy (non-hydrogen) atoms. The van der Waals surface area contributed by atoms with Crippen LogP contribution in [0, 0.1) is 5.82 Å². The molecule has 0 bridgehead atoms. The number of thioether (sulfide) groups is 1. The average Bonchev–Trinajstić information content (AvgIpc) is 2.80. The molecule has 7 nitrogen and oxygen atoms in total. The molecule has 0 radical (unpaired) electrons. The van der Waals surface area contributed by atoms with Crippen LogP contribution in [0.25, 0.3) is 0 Å². The summed E-state index contributed by atoms with van der Waals surface area (Å²) in [7, 11) is 3.04. The molecule has 1 N–H and O–H groups in total. The van der Waals surface area contributed by atoms with Gasteiger partial charge in [0.25, 0.3) is 5.56 Å². The number of rotatable bonds is 5. The van der Waals surface area contributed by atoms with Gasteiger partial charge in [0.15, 0.2) is 5.16 Å². The van der Waals surface area contributed by atoms with E-state index in [1.807, 2.05) is 0 Å². The summed E-state index contributed by atoms with van der Waals surface area (Å²) in [6.07, 6.45) is 0.101. The molecule has 0 spiro atoms. The lowest BCUT2D eigenvalue weighted by atomic mass is 9.86. The van der Waals surface area contributed by atoms with E-state index in [0.29, 0.717) is 27.9 Å². The highest BCUT2D eigenvalue weighted by Crippen LogP contribution is 2.36. The number of benzene rings is 2. The van der Waals surface area contributed by atoms with Crippen molar-refractivity contribution in [3.8, 4) is 0 Å². The van der Waals surface area contributed by atoms with Gasteiger partial charge in [-0.2, -0.15) is 4.98 Å². The van der Waals surface area contributed by atoms with Gasteiger partial charge in [-0.1, -0.05) is 36.0 Å². The van der Waals surface area contributed by atoms with E-state index in [-0.39, 0.29) is 18.1 Å². The van der Waals surface area contributed by atoms with Gasteiger partial charge in [-0.05, 0) is 35.4 Å². The number of fused-ring (bicyclic) bond motifs is 1. The number of hydrogen-bond acceptors (Lipinski definition) is 6. The Hall–Kier alpha value is -3.46. The fraction of sp³-hybridized carbons (Fsp3) is 0.217. The standard InChI is InChI=1S/C23H20FN3O4S/c1-27-20-19(21(29)26-23(27)32-12-13-3-9-16(24)10-4-13)17(11-18(28)25-20)14-5-7-15(8-6-14)22(30)31-2/h3-10,17H,11-12H2,1-2H3,(H,25,28)/t17-/m0/s1. The summed E-state index contributed by atoms with van der Waals surface area (Å²) in [6.45, 7) is 0. The molecule has 4 rings (SSSR count). The van der Waals surface area contributed by atoms with Crippen LogP contribution in [0.1, 0.15) is 39.4 Å². The molecule has 0 saturated heterocycles. The minimum atomic E-state index is -0.479. The molecule has 0 unspecified atom stereocenters. The van der Waals surface area contributed by atoms with E-state index in [1.54, 1.807) is 48.0 Å². The molecule has 1 atom stereocenters. The van der Waals surface area contributed by atoms with Crippen LogP contribution in [-0.4, -0.2) is 28.5 Å². The SMILES string of the molecule is COC(=O)c1ccc([C@@H]2CC(=O)Nc3c2c(=O)nc(SCc2ccc(F)cc2)n3C)cc1. The zero-order valence-corrected chi connectivity index (χ0v) is 18.2. The largest absolute Gasteiger partial charge is 0.465 e. The van der Waals surface area contributed by atoms with Crippen molar-refractivity contribution in [2.24, 2.45) is 7.05 Å². The van der Waals surface area contributed by atoms with Gasteiger partial charge in [-0.15, -0.1) is 0 Å².